The van der Waals surface area contributed by atoms with Crippen LogP contribution in [0, 0.1) is 0 Å². The molecule has 1 heterocycles. The first kappa shape index (κ1) is 14.0. The molecule has 0 aliphatic carbocycles. The fraction of sp³-hybridized carbons (Fsp3) is 0.385. The van der Waals surface area contributed by atoms with Crippen molar-refractivity contribution in [3.8, 4) is 11.8 Å². The van der Waals surface area contributed by atoms with Gasteiger partial charge in [-0.05, 0) is 31.7 Å². The Morgan fingerprint density at radius 3 is 2.89 bits per heavy atom. The van der Waals surface area contributed by atoms with Gasteiger partial charge < -0.3 is 10.1 Å². The Balaban J connectivity index is 2.28. The van der Waals surface area contributed by atoms with E-state index in [0.29, 0.717) is 6.01 Å². The fourth-order valence-electron chi connectivity index (χ4n) is 1.83. The minimum Gasteiger partial charge on any atom is -0.423 e. The second kappa shape index (κ2) is 6.16. The molecule has 0 saturated heterocycles. The molecule has 0 radical (unpaired) electrons. The van der Waals surface area contributed by atoms with Crippen LogP contribution >= 0.6 is 15.9 Å². The summed E-state index contributed by atoms with van der Waals surface area (Å²) in [5, 5.41) is 7.50. The van der Waals surface area contributed by atoms with Gasteiger partial charge in [0.2, 0.25) is 0 Å². The van der Waals surface area contributed by atoms with Crippen molar-refractivity contribution in [1.82, 2.24) is 20.1 Å². The molecular weight excluding hydrogens is 308 g/mol. The van der Waals surface area contributed by atoms with Crippen LogP contribution in [-0.4, -0.2) is 21.3 Å². The number of hydrogen-bond acceptors (Lipinski definition) is 4. The SMILES string of the molecule is CCNC(C)c1cc(Br)ccc1Oc1ncn(C)n1. The Morgan fingerprint density at radius 2 is 2.26 bits per heavy atom. The zero-order valence-electron chi connectivity index (χ0n) is 11.2. The van der Waals surface area contributed by atoms with Gasteiger partial charge in [0.15, 0.2) is 0 Å². The molecule has 102 valence electrons. The van der Waals surface area contributed by atoms with Crippen molar-refractivity contribution < 1.29 is 4.74 Å². The summed E-state index contributed by atoms with van der Waals surface area (Å²) < 4.78 is 8.38. The lowest BCUT2D eigenvalue weighted by atomic mass is 10.1. The van der Waals surface area contributed by atoms with Crippen molar-refractivity contribution in [2.45, 2.75) is 19.9 Å². The third kappa shape index (κ3) is 3.54. The topological polar surface area (TPSA) is 52.0 Å². The Morgan fingerprint density at radius 1 is 1.47 bits per heavy atom. The van der Waals surface area contributed by atoms with Gasteiger partial charge in [-0.25, -0.2) is 0 Å². The van der Waals surface area contributed by atoms with Crippen LogP contribution in [-0.2, 0) is 7.05 Å². The Hall–Kier alpha value is -1.40. The third-order valence-corrected chi connectivity index (χ3v) is 3.22. The predicted molar refractivity (Wildman–Crippen MR) is 77.3 cm³/mol. The van der Waals surface area contributed by atoms with E-state index >= 15 is 0 Å². The lowest BCUT2D eigenvalue weighted by Gasteiger charge is -2.16. The summed E-state index contributed by atoms with van der Waals surface area (Å²) in [6.07, 6.45) is 1.61. The molecular formula is C13H17BrN4O. The number of rotatable bonds is 5. The van der Waals surface area contributed by atoms with Gasteiger partial charge >= 0.3 is 6.01 Å². The molecule has 0 saturated carbocycles. The molecule has 1 N–H and O–H groups in total. The van der Waals surface area contributed by atoms with Gasteiger partial charge in [0.05, 0.1) is 0 Å². The molecule has 19 heavy (non-hydrogen) atoms. The number of benzene rings is 1. The molecule has 0 amide bonds. The summed E-state index contributed by atoms with van der Waals surface area (Å²) in [5.74, 6) is 0.767. The minimum atomic E-state index is 0.196. The number of halogens is 1. The number of aromatic nitrogens is 3. The molecule has 0 fully saturated rings. The molecule has 1 unspecified atom stereocenters. The van der Waals surface area contributed by atoms with Gasteiger partial charge in [0.25, 0.3) is 0 Å². The maximum absolute atomic E-state index is 5.75. The molecule has 5 nitrogen and oxygen atoms in total. The van der Waals surface area contributed by atoms with E-state index in [2.05, 4.69) is 45.2 Å². The van der Waals surface area contributed by atoms with Gasteiger partial charge in [0, 0.05) is 23.1 Å². The lowest BCUT2D eigenvalue weighted by molar-refractivity contribution is 0.425. The van der Waals surface area contributed by atoms with Gasteiger partial charge in [0.1, 0.15) is 12.1 Å². The smallest absolute Gasteiger partial charge is 0.340 e. The number of nitrogens with zero attached hydrogens (tertiary/aromatic N) is 3. The van der Waals surface area contributed by atoms with E-state index < -0.39 is 0 Å². The largest absolute Gasteiger partial charge is 0.423 e. The monoisotopic (exact) mass is 324 g/mol. The van der Waals surface area contributed by atoms with Gasteiger partial charge in [-0.15, -0.1) is 5.10 Å². The van der Waals surface area contributed by atoms with E-state index in [1.807, 2.05) is 25.2 Å². The van der Waals surface area contributed by atoms with E-state index in [1.165, 1.54) is 0 Å². The number of aryl methyl sites for hydroxylation is 1. The van der Waals surface area contributed by atoms with E-state index in [9.17, 15) is 0 Å². The standard InChI is InChI=1S/C13H17BrN4O/c1-4-15-9(2)11-7-10(14)5-6-12(11)19-13-16-8-18(3)17-13/h5-9,15H,4H2,1-3H3. The molecule has 2 rings (SSSR count). The third-order valence-electron chi connectivity index (χ3n) is 2.73. The average Bonchev–Trinajstić information content (AvgIpc) is 2.77. The zero-order chi connectivity index (χ0) is 13.8. The molecule has 0 aliphatic heterocycles. The van der Waals surface area contributed by atoms with E-state index in [-0.39, 0.29) is 6.04 Å². The molecule has 1 atom stereocenters. The zero-order valence-corrected chi connectivity index (χ0v) is 12.8. The van der Waals surface area contributed by atoms with Crippen LogP contribution in [0.5, 0.6) is 11.8 Å². The molecule has 6 heteroatoms. The van der Waals surface area contributed by atoms with E-state index in [0.717, 1.165) is 22.3 Å². The van der Waals surface area contributed by atoms with Crippen molar-refractivity contribution in [1.29, 1.82) is 0 Å². The summed E-state index contributed by atoms with van der Waals surface area (Å²) in [6, 6.07) is 6.46. The molecule has 0 bridgehead atoms. The van der Waals surface area contributed by atoms with E-state index in [4.69, 9.17) is 4.74 Å². The highest BCUT2D eigenvalue weighted by Gasteiger charge is 2.13. The molecule has 1 aromatic carbocycles. The van der Waals surface area contributed by atoms with Crippen molar-refractivity contribution >= 4 is 15.9 Å². The molecule has 0 aliphatic rings. The van der Waals surface area contributed by atoms with Crippen molar-refractivity contribution in [2.75, 3.05) is 6.54 Å². The van der Waals surface area contributed by atoms with Gasteiger partial charge in [-0.2, -0.15) is 4.98 Å². The van der Waals surface area contributed by atoms with Crippen LogP contribution in [0.3, 0.4) is 0 Å². The maximum Gasteiger partial charge on any atom is 0.340 e. The highest BCUT2D eigenvalue weighted by atomic mass is 79.9. The van der Waals surface area contributed by atoms with Crippen molar-refractivity contribution in [3.63, 3.8) is 0 Å². The van der Waals surface area contributed by atoms with Gasteiger partial charge in [-0.1, -0.05) is 22.9 Å². The first-order valence-corrected chi connectivity index (χ1v) is 6.95. The normalized spacial score (nSPS) is 12.4. The number of ether oxygens (including phenoxy) is 1. The summed E-state index contributed by atoms with van der Waals surface area (Å²) in [7, 11) is 1.81. The highest BCUT2D eigenvalue weighted by molar-refractivity contribution is 9.10. The second-order valence-electron chi connectivity index (χ2n) is 4.26. The fourth-order valence-corrected chi connectivity index (χ4v) is 2.21. The van der Waals surface area contributed by atoms with Crippen molar-refractivity contribution in [2.24, 2.45) is 7.05 Å². The molecule has 2 aromatic rings. The Kier molecular flexibility index (Phi) is 4.55. The van der Waals surface area contributed by atoms with Crippen molar-refractivity contribution in [3.05, 3.63) is 34.6 Å². The Labute approximate surface area is 121 Å². The first-order chi connectivity index (χ1) is 9.10. The van der Waals surface area contributed by atoms with Crippen LogP contribution in [0.4, 0.5) is 0 Å². The van der Waals surface area contributed by atoms with Crippen LogP contribution < -0.4 is 10.1 Å². The highest BCUT2D eigenvalue weighted by Crippen LogP contribution is 2.30. The summed E-state index contributed by atoms with van der Waals surface area (Å²) >= 11 is 3.49. The van der Waals surface area contributed by atoms with Crippen LogP contribution in [0.25, 0.3) is 0 Å². The summed E-state index contributed by atoms with van der Waals surface area (Å²) in [5.41, 5.74) is 1.07. The summed E-state index contributed by atoms with van der Waals surface area (Å²) in [6.45, 7) is 5.08. The van der Waals surface area contributed by atoms with Crippen LogP contribution in [0.1, 0.15) is 25.5 Å². The molecule has 1 aromatic heterocycles. The predicted octanol–water partition coefficient (Wildman–Crippen LogP) is 3.04. The quantitative estimate of drug-likeness (QED) is 0.918. The number of hydrogen-bond donors (Lipinski definition) is 1. The minimum absolute atomic E-state index is 0.196. The summed E-state index contributed by atoms with van der Waals surface area (Å²) in [4.78, 5) is 4.08. The lowest BCUT2D eigenvalue weighted by Crippen LogP contribution is -2.18. The average molecular weight is 325 g/mol. The van der Waals surface area contributed by atoms with Crippen LogP contribution in [0.15, 0.2) is 29.0 Å². The first-order valence-electron chi connectivity index (χ1n) is 6.16. The number of nitrogens with one attached hydrogen (secondary N) is 1. The second-order valence-corrected chi connectivity index (χ2v) is 5.18. The molecule has 0 spiro atoms. The van der Waals surface area contributed by atoms with E-state index in [1.54, 1.807) is 11.0 Å². The Bertz CT molecular complexity index is 555. The van der Waals surface area contributed by atoms with Gasteiger partial charge in [-0.3, -0.25) is 4.68 Å². The maximum atomic E-state index is 5.75. The van der Waals surface area contributed by atoms with Crippen LogP contribution in [0.2, 0.25) is 0 Å².